The van der Waals surface area contributed by atoms with Crippen molar-refractivity contribution >= 4 is 33.9 Å². The molecular formula is C31H24O6. The summed E-state index contributed by atoms with van der Waals surface area (Å²) in [5.41, 5.74) is 1.06. The van der Waals surface area contributed by atoms with Crippen molar-refractivity contribution in [2.24, 2.45) is 0 Å². The molecule has 184 valence electrons. The Hall–Kier alpha value is -4.84. The lowest BCUT2D eigenvalue weighted by Gasteiger charge is -2.17. The van der Waals surface area contributed by atoms with E-state index in [1.165, 1.54) is 0 Å². The number of ether oxygens (including phenoxy) is 4. The lowest BCUT2D eigenvalue weighted by atomic mass is 9.97. The van der Waals surface area contributed by atoms with E-state index in [-0.39, 0.29) is 0 Å². The molecular weight excluding hydrogens is 468 g/mol. The number of para-hydroxylation sites is 2. The van der Waals surface area contributed by atoms with Crippen LogP contribution in [0.5, 0.6) is 23.0 Å². The van der Waals surface area contributed by atoms with E-state index in [1.54, 1.807) is 54.6 Å². The number of rotatable bonds is 6. The van der Waals surface area contributed by atoms with Gasteiger partial charge in [0.15, 0.2) is 0 Å². The molecule has 0 atom stereocenters. The first-order chi connectivity index (χ1) is 18.1. The summed E-state index contributed by atoms with van der Waals surface area (Å²) in [5.74, 6) is 1.39. The zero-order chi connectivity index (χ0) is 25.6. The third-order valence-corrected chi connectivity index (χ3v) is 5.79. The molecule has 6 heteroatoms. The molecule has 0 bridgehead atoms. The van der Waals surface area contributed by atoms with Crippen molar-refractivity contribution in [2.75, 3.05) is 0 Å². The van der Waals surface area contributed by atoms with Crippen molar-refractivity contribution in [3.8, 4) is 23.0 Å². The van der Waals surface area contributed by atoms with E-state index in [2.05, 4.69) is 6.92 Å². The van der Waals surface area contributed by atoms with Gasteiger partial charge in [0.25, 0.3) is 0 Å². The standard InChI is InChI=1S/C31H24O6/c1-2-11-21-18-19-26-27(20-21)29(37-31(33)35-23-14-7-4-8-15-23)25-17-10-9-16-24(25)28(26)36-30(32)34-22-12-5-3-6-13-22/h3-10,12-20H,2,11H2,1H3. The fourth-order valence-corrected chi connectivity index (χ4v) is 4.19. The molecule has 0 fully saturated rings. The van der Waals surface area contributed by atoms with Gasteiger partial charge in [0.1, 0.15) is 23.0 Å². The molecule has 0 aliphatic carbocycles. The quantitative estimate of drug-likeness (QED) is 0.135. The van der Waals surface area contributed by atoms with Crippen LogP contribution < -0.4 is 18.9 Å². The summed E-state index contributed by atoms with van der Waals surface area (Å²) in [6.45, 7) is 2.09. The van der Waals surface area contributed by atoms with Gasteiger partial charge in [0.05, 0.1) is 0 Å². The minimum atomic E-state index is -0.868. The number of hydrogen-bond acceptors (Lipinski definition) is 6. The summed E-state index contributed by atoms with van der Waals surface area (Å²) in [7, 11) is 0. The van der Waals surface area contributed by atoms with Gasteiger partial charge >= 0.3 is 12.3 Å². The molecule has 0 saturated carbocycles. The minimum Gasteiger partial charge on any atom is -0.395 e. The van der Waals surface area contributed by atoms with Gasteiger partial charge in [-0.1, -0.05) is 86.1 Å². The molecule has 5 aromatic rings. The van der Waals surface area contributed by atoms with E-state index >= 15 is 0 Å². The molecule has 0 unspecified atom stereocenters. The van der Waals surface area contributed by atoms with Crippen LogP contribution >= 0.6 is 0 Å². The molecule has 0 N–H and O–H groups in total. The van der Waals surface area contributed by atoms with Crippen molar-refractivity contribution in [1.82, 2.24) is 0 Å². The summed E-state index contributed by atoms with van der Waals surface area (Å²) in [6.07, 6.45) is 0.0456. The first kappa shape index (κ1) is 23.9. The zero-order valence-electron chi connectivity index (χ0n) is 20.2. The Balaban J connectivity index is 1.59. The van der Waals surface area contributed by atoms with Gasteiger partial charge < -0.3 is 18.9 Å². The molecule has 0 spiro atoms. The fraction of sp³-hybridized carbons (Fsp3) is 0.0968. The largest absolute Gasteiger partial charge is 0.519 e. The van der Waals surface area contributed by atoms with E-state index in [1.807, 2.05) is 48.5 Å². The summed E-state index contributed by atoms with van der Waals surface area (Å²) in [6, 6.07) is 30.5. The first-order valence-corrected chi connectivity index (χ1v) is 12.0. The average molecular weight is 493 g/mol. The maximum atomic E-state index is 12.8. The third-order valence-electron chi connectivity index (χ3n) is 5.79. The van der Waals surface area contributed by atoms with Crippen LogP contribution in [0, 0.1) is 0 Å². The Labute approximate surface area is 214 Å². The number of carbonyl (C=O) groups excluding carboxylic acids is 2. The third kappa shape index (κ3) is 5.38. The molecule has 5 aromatic carbocycles. The average Bonchev–Trinajstić information content (AvgIpc) is 2.92. The molecule has 0 amide bonds. The van der Waals surface area contributed by atoms with E-state index in [0.29, 0.717) is 44.5 Å². The summed E-state index contributed by atoms with van der Waals surface area (Å²) >= 11 is 0. The van der Waals surface area contributed by atoms with Crippen molar-refractivity contribution in [3.63, 3.8) is 0 Å². The summed E-state index contributed by atoms with van der Waals surface area (Å²) in [4.78, 5) is 25.6. The molecule has 6 nitrogen and oxygen atoms in total. The van der Waals surface area contributed by atoms with Crippen LogP contribution in [0.1, 0.15) is 18.9 Å². The van der Waals surface area contributed by atoms with E-state index in [9.17, 15) is 9.59 Å². The second-order valence-electron chi connectivity index (χ2n) is 8.37. The highest BCUT2D eigenvalue weighted by Crippen LogP contribution is 2.43. The van der Waals surface area contributed by atoms with Crippen LogP contribution in [0.15, 0.2) is 103 Å². The van der Waals surface area contributed by atoms with E-state index < -0.39 is 12.3 Å². The predicted octanol–water partition coefficient (Wildman–Crippen LogP) is 8.10. The topological polar surface area (TPSA) is 71.1 Å². The van der Waals surface area contributed by atoms with Crippen LogP contribution in [0.3, 0.4) is 0 Å². The van der Waals surface area contributed by atoms with Crippen molar-refractivity contribution < 1.29 is 28.5 Å². The van der Waals surface area contributed by atoms with Crippen molar-refractivity contribution in [1.29, 1.82) is 0 Å². The normalized spacial score (nSPS) is 10.7. The Morgan fingerprint density at radius 3 is 1.51 bits per heavy atom. The molecule has 0 aromatic heterocycles. The highest BCUT2D eigenvalue weighted by Gasteiger charge is 2.22. The van der Waals surface area contributed by atoms with Crippen LogP contribution in [-0.4, -0.2) is 12.3 Å². The molecule has 0 saturated heterocycles. The number of aryl methyl sites for hydroxylation is 1. The van der Waals surface area contributed by atoms with E-state index in [0.717, 1.165) is 18.4 Å². The number of carbonyl (C=O) groups is 2. The highest BCUT2D eigenvalue weighted by atomic mass is 16.7. The second kappa shape index (κ2) is 10.8. The van der Waals surface area contributed by atoms with E-state index in [4.69, 9.17) is 18.9 Å². The van der Waals surface area contributed by atoms with Crippen molar-refractivity contribution in [2.45, 2.75) is 19.8 Å². The number of benzene rings is 5. The minimum absolute atomic E-state index is 0.318. The lowest BCUT2D eigenvalue weighted by Crippen LogP contribution is -2.16. The Kier molecular flexibility index (Phi) is 6.99. The van der Waals surface area contributed by atoms with Gasteiger partial charge in [-0.3, -0.25) is 0 Å². The molecule has 5 rings (SSSR count). The fourth-order valence-electron chi connectivity index (χ4n) is 4.19. The Bertz CT molecular complexity index is 1560. The van der Waals surface area contributed by atoms with Gasteiger partial charge in [0.2, 0.25) is 0 Å². The Morgan fingerprint density at radius 1 is 0.541 bits per heavy atom. The summed E-state index contributed by atoms with van der Waals surface area (Å²) in [5, 5.41) is 2.41. The summed E-state index contributed by atoms with van der Waals surface area (Å²) < 4.78 is 22.3. The second-order valence-corrected chi connectivity index (χ2v) is 8.37. The van der Waals surface area contributed by atoms with Gasteiger partial charge in [0, 0.05) is 21.5 Å². The van der Waals surface area contributed by atoms with Gasteiger partial charge in [-0.05, 0) is 42.3 Å². The van der Waals surface area contributed by atoms with Gasteiger partial charge in [-0.2, -0.15) is 0 Å². The van der Waals surface area contributed by atoms with Crippen LogP contribution in [0.2, 0.25) is 0 Å². The Morgan fingerprint density at radius 2 is 1.00 bits per heavy atom. The SMILES string of the molecule is CCCc1ccc2c(OC(=O)Oc3ccccc3)c3ccccc3c(OC(=O)Oc3ccccc3)c2c1. The van der Waals surface area contributed by atoms with Crippen LogP contribution in [0.25, 0.3) is 21.5 Å². The van der Waals surface area contributed by atoms with Gasteiger partial charge in [-0.15, -0.1) is 0 Å². The van der Waals surface area contributed by atoms with Gasteiger partial charge in [-0.25, -0.2) is 9.59 Å². The smallest absolute Gasteiger partial charge is 0.395 e. The number of fused-ring (bicyclic) bond motifs is 2. The number of hydrogen-bond donors (Lipinski definition) is 0. The molecule has 0 aliphatic heterocycles. The van der Waals surface area contributed by atoms with Crippen molar-refractivity contribution in [3.05, 3.63) is 109 Å². The first-order valence-electron chi connectivity index (χ1n) is 12.0. The molecule has 0 aliphatic rings. The van der Waals surface area contributed by atoms with Crippen LogP contribution in [-0.2, 0) is 6.42 Å². The lowest BCUT2D eigenvalue weighted by molar-refractivity contribution is 0.151. The molecule has 0 heterocycles. The highest BCUT2D eigenvalue weighted by molar-refractivity contribution is 6.12. The maximum Gasteiger partial charge on any atom is 0.519 e. The maximum absolute atomic E-state index is 12.8. The monoisotopic (exact) mass is 492 g/mol. The zero-order valence-corrected chi connectivity index (χ0v) is 20.2. The van der Waals surface area contributed by atoms with Crippen LogP contribution in [0.4, 0.5) is 9.59 Å². The molecule has 0 radical (unpaired) electrons. The predicted molar refractivity (Wildman–Crippen MR) is 142 cm³/mol. The molecule has 37 heavy (non-hydrogen) atoms.